The maximum Gasteiger partial charge on any atom is 0.354 e. The van der Waals surface area contributed by atoms with E-state index < -0.39 is 52.6 Å². The van der Waals surface area contributed by atoms with Crippen LogP contribution in [0.5, 0.6) is 0 Å². The molecular formula is C35H32N6O9. The molecule has 4 atom stereocenters. The Morgan fingerprint density at radius 1 is 0.700 bits per heavy atom. The van der Waals surface area contributed by atoms with E-state index >= 15 is 4.79 Å². The van der Waals surface area contributed by atoms with Gasteiger partial charge in [-0.05, 0) is 48.5 Å². The molecular weight excluding hydrogens is 648 g/mol. The van der Waals surface area contributed by atoms with Gasteiger partial charge in [-0.2, -0.15) is 0 Å². The van der Waals surface area contributed by atoms with E-state index in [-0.39, 0.29) is 54.6 Å². The van der Waals surface area contributed by atoms with E-state index in [0.717, 1.165) is 14.2 Å². The molecule has 4 aromatic rings. The van der Waals surface area contributed by atoms with Crippen LogP contribution in [0.2, 0.25) is 0 Å². The van der Waals surface area contributed by atoms with Gasteiger partial charge in [0.25, 0.3) is 0 Å². The molecule has 6 heterocycles. The van der Waals surface area contributed by atoms with Crippen LogP contribution in [-0.2, 0) is 36.9 Å². The number of carbonyl (C=O) groups excluding carboxylic acids is 3. The van der Waals surface area contributed by atoms with E-state index in [1.165, 1.54) is 36.7 Å². The van der Waals surface area contributed by atoms with Crippen molar-refractivity contribution < 1.29 is 43.7 Å². The minimum Gasteiger partial charge on any atom is -0.477 e. The number of hydrogen-bond donors (Lipinski definition) is 2. The van der Waals surface area contributed by atoms with Crippen LogP contribution in [0, 0.1) is 10.8 Å². The monoisotopic (exact) mass is 680 g/mol. The summed E-state index contributed by atoms with van der Waals surface area (Å²) in [5.74, 6) is -5.15. The smallest absolute Gasteiger partial charge is 0.354 e. The van der Waals surface area contributed by atoms with Crippen LogP contribution in [0.15, 0.2) is 85.2 Å². The highest BCUT2D eigenvalue weighted by Crippen LogP contribution is 2.61. The van der Waals surface area contributed by atoms with Gasteiger partial charge in [0.05, 0.1) is 49.1 Å². The first-order valence-corrected chi connectivity index (χ1v) is 15.5. The molecule has 0 aromatic carbocycles. The van der Waals surface area contributed by atoms with Crippen LogP contribution >= 0.6 is 0 Å². The van der Waals surface area contributed by atoms with Crippen molar-refractivity contribution in [3.8, 4) is 0 Å². The summed E-state index contributed by atoms with van der Waals surface area (Å²) in [5, 5.41) is 19.3. The number of methoxy groups -OCH3 is 2. The SMILES string of the molecule is COC(=O)C12CN(Cc3cccc(C(=O)O)n3)CC(C(=O)OC)(C1=O)C(c1ccccn1)N(Cc1cccc(C(=O)O)n1)C2c1ccccn1. The summed E-state index contributed by atoms with van der Waals surface area (Å²) in [7, 11) is 2.28. The average molecular weight is 681 g/mol. The molecule has 0 radical (unpaired) electrons. The predicted molar refractivity (Wildman–Crippen MR) is 171 cm³/mol. The van der Waals surface area contributed by atoms with Gasteiger partial charge < -0.3 is 19.7 Å². The van der Waals surface area contributed by atoms with Crippen molar-refractivity contribution >= 4 is 29.7 Å². The number of carboxylic acid groups (broad SMARTS) is 2. The Morgan fingerprint density at radius 2 is 1.16 bits per heavy atom. The predicted octanol–water partition coefficient (Wildman–Crippen LogP) is 2.36. The maximum atomic E-state index is 15.4. The molecule has 15 heteroatoms. The fourth-order valence-corrected chi connectivity index (χ4v) is 7.35. The minimum absolute atomic E-state index is 0.0576. The van der Waals surface area contributed by atoms with Crippen molar-refractivity contribution in [2.75, 3.05) is 27.3 Å². The number of fused-ring (bicyclic) bond motifs is 2. The molecule has 4 unspecified atom stereocenters. The molecule has 2 saturated heterocycles. The quantitative estimate of drug-likeness (QED) is 0.182. The summed E-state index contributed by atoms with van der Waals surface area (Å²) < 4.78 is 10.8. The largest absolute Gasteiger partial charge is 0.477 e. The van der Waals surface area contributed by atoms with Gasteiger partial charge in [-0.3, -0.25) is 34.2 Å². The lowest BCUT2D eigenvalue weighted by atomic mass is 9.54. The maximum absolute atomic E-state index is 15.4. The molecule has 0 spiro atoms. The van der Waals surface area contributed by atoms with Crippen LogP contribution in [0.4, 0.5) is 0 Å². The van der Waals surface area contributed by atoms with Crippen molar-refractivity contribution in [1.82, 2.24) is 29.7 Å². The number of ketones is 1. The van der Waals surface area contributed by atoms with Crippen molar-refractivity contribution in [3.63, 3.8) is 0 Å². The lowest BCUT2D eigenvalue weighted by Crippen LogP contribution is -2.75. The Bertz CT molecular complexity index is 1880. The summed E-state index contributed by atoms with van der Waals surface area (Å²) in [6, 6.07) is 16.5. The molecule has 0 amide bonds. The zero-order valence-electron chi connectivity index (χ0n) is 27.0. The highest BCUT2D eigenvalue weighted by Gasteiger charge is 2.75. The number of pyridine rings is 4. The normalized spacial score (nSPS) is 23.5. The Labute approximate surface area is 285 Å². The number of aromatic nitrogens is 4. The molecule has 2 N–H and O–H groups in total. The topological polar surface area (TPSA) is 202 Å². The molecule has 0 aliphatic carbocycles. The number of carboxylic acids is 2. The number of Topliss-reactive ketones (excluding diaryl/α,β-unsaturated/α-hetero) is 1. The number of rotatable bonds is 10. The first kappa shape index (κ1) is 34.0. The minimum atomic E-state index is -2.13. The summed E-state index contributed by atoms with van der Waals surface area (Å²) in [5.41, 5.74) is -3.54. The lowest BCUT2D eigenvalue weighted by molar-refractivity contribution is -0.207. The molecule has 256 valence electrons. The van der Waals surface area contributed by atoms with E-state index in [0.29, 0.717) is 5.69 Å². The zero-order chi connectivity index (χ0) is 35.6. The van der Waals surface area contributed by atoms with E-state index in [4.69, 9.17) is 9.47 Å². The molecule has 0 saturated carbocycles. The Balaban J connectivity index is 1.65. The van der Waals surface area contributed by atoms with Gasteiger partial charge in [-0.1, -0.05) is 24.3 Å². The first-order chi connectivity index (χ1) is 24.1. The molecule has 2 fully saturated rings. The number of esters is 2. The van der Waals surface area contributed by atoms with Gasteiger partial charge in [-0.15, -0.1) is 0 Å². The molecule has 6 rings (SSSR count). The number of nitrogens with zero attached hydrogens (tertiary/aromatic N) is 6. The Hall–Kier alpha value is -5.93. The molecule has 4 aromatic heterocycles. The van der Waals surface area contributed by atoms with Crippen molar-refractivity contribution in [2.45, 2.75) is 25.2 Å². The second kappa shape index (κ2) is 13.5. The van der Waals surface area contributed by atoms with E-state index in [9.17, 15) is 29.4 Å². The van der Waals surface area contributed by atoms with Gasteiger partial charge >= 0.3 is 23.9 Å². The van der Waals surface area contributed by atoms with Crippen molar-refractivity contribution in [3.05, 3.63) is 119 Å². The molecule has 2 aliphatic rings. The molecule has 2 aliphatic heterocycles. The number of likely N-dealkylation sites (tertiary alicyclic amines) is 2. The zero-order valence-corrected chi connectivity index (χ0v) is 27.0. The fraction of sp³-hybridized carbons (Fsp3) is 0.286. The lowest BCUT2D eigenvalue weighted by Gasteiger charge is -2.61. The van der Waals surface area contributed by atoms with Crippen LogP contribution in [0.3, 0.4) is 0 Å². The third-order valence-electron chi connectivity index (χ3n) is 9.17. The van der Waals surface area contributed by atoms with E-state index in [1.807, 2.05) is 0 Å². The van der Waals surface area contributed by atoms with E-state index in [2.05, 4.69) is 19.9 Å². The van der Waals surface area contributed by atoms with Crippen LogP contribution in [-0.4, -0.2) is 96.9 Å². The number of carbonyl (C=O) groups is 5. The second-order valence-electron chi connectivity index (χ2n) is 12.0. The van der Waals surface area contributed by atoms with Crippen LogP contribution < -0.4 is 0 Å². The molecule has 15 nitrogen and oxygen atoms in total. The molecule has 50 heavy (non-hydrogen) atoms. The third kappa shape index (κ3) is 5.65. The number of hydrogen-bond acceptors (Lipinski definition) is 13. The van der Waals surface area contributed by atoms with Gasteiger partial charge in [0.1, 0.15) is 11.4 Å². The Kier molecular flexibility index (Phi) is 9.18. The second-order valence-corrected chi connectivity index (χ2v) is 12.0. The Morgan fingerprint density at radius 3 is 1.56 bits per heavy atom. The van der Waals surface area contributed by atoms with Crippen molar-refractivity contribution in [2.24, 2.45) is 10.8 Å². The summed E-state index contributed by atoms with van der Waals surface area (Å²) in [6.07, 6.45) is 3.01. The number of ether oxygens (including phenoxy) is 2. The number of aromatic carboxylic acids is 2. The summed E-state index contributed by atoms with van der Waals surface area (Å²) in [6.45, 7) is -0.786. The van der Waals surface area contributed by atoms with Gasteiger partial charge in [0.2, 0.25) is 0 Å². The highest BCUT2D eigenvalue weighted by atomic mass is 16.5. The van der Waals surface area contributed by atoms with Gasteiger partial charge in [-0.25, -0.2) is 19.6 Å². The van der Waals surface area contributed by atoms with Crippen LogP contribution in [0.1, 0.15) is 55.8 Å². The van der Waals surface area contributed by atoms with Gasteiger partial charge in [0.15, 0.2) is 16.6 Å². The highest BCUT2D eigenvalue weighted by molar-refractivity contribution is 6.17. The van der Waals surface area contributed by atoms with Crippen LogP contribution in [0.25, 0.3) is 0 Å². The standard InChI is InChI=1S/C35H32N6O9/c1-49-32(47)34-19-40(17-21-9-7-13-25(38-21)29(42)43)20-35(31(34)46,33(48)50-2)28(24-12-4-6-16-37-24)41(27(34)23-11-3-5-15-36-23)18-22-10-8-14-26(39-22)30(44)45/h3-16,27-28H,17-20H2,1-2H3,(H,42,43)(H,44,45). The number of piperidine rings is 2. The fourth-order valence-electron chi connectivity index (χ4n) is 7.35. The third-order valence-corrected chi connectivity index (χ3v) is 9.17. The van der Waals surface area contributed by atoms with Crippen molar-refractivity contribution in [1.29, 1.82) is 0 Å². The summed E-state index contributed by atoms with van der Waals surface area (Å²) >= 11 is 0. The van der Waals surface area contributed by atoms with E-state index in [1.54, 1.807) is 58.3 Å². The molecule has 2 bridgehead atoms. The summed E-state index contributed by atoms with van der Waals surface area (Å²) in [4.78, 5) is 89.1. The van der Waals surface area contributed by atoms with Gasteiger partial charge in [0, 0.05) is 38.6 Å². The average Bonchev–Trinajstić information content (AvgIpc) is 3.13. The first-order valence-electron chi connectivity index (χ1n) is 15.5.